The zero-order valence-electron chi connectivity index (χ0n) is 5.79. The second kappa shape index (κ2) is 5.82. The zero-order chi connectivity index (χ0) is 7.11. The van der Waals surface area contributed by atoms with E-state index in [0.29, 0.717) is 6.61 Å². The molecule has 0 atom stereocenters. The predicted molar refractivity (Wildman–Crippen MR) is 35.9 cm³/mol. The molecule has 0 aliphatic carbocycles. The fourth-order valence-corrected chi connectivity index (χ4v) is 0.379. The summed E-state index contributed by atoms with van der Waals surface area (Å²) in [5.74, 6) is 0. The Balaban J connectivity index is 3.19. The first-order chi connectivity index (χ1) is 4.35. The third kappa shape index (κ3) is 4.21. The van der Waals surface area contributed by atoms with Crippen LogP contribution in [0.5, 0.6) is 0 Å². The Morgan fingerprint density at radius 2 is 2.00 bits per heavy atom. The van der Waals surface area contributed by atoms with Gasteiger partial charge in [0.05, 0.1) is 6.61 Å². The van der Waals surface area contributed by atoms with Gasteiger partial charge >= 0.3 is 7.32 Å². The maximum atomic E-state index is 4.93. The largest absolute Gasteiger partial charge is 0.639 e. The lowest BCUT2D eigenvalue weighted by Gasteiger charge is -2.05. The molecule has 0 saturated heterocycles. The first kappa shape index (κ1) is 8.68. The van der Waals surface area contributed by atoms with Crippen molar-refractivity contribution in [1.82, 2.24) is 0 Å². The summed E-state index contributed by atoms with van der Waals surface area (Å²) in [6.45, 7) is 3.90. The molecule has 4 heteroatoms. The molecule has 0 fully saturated rings. The van der Waals surface area contributed by atoms with Crippen molar-refractivity contribution in [3.63, 3.8) is 0 Å². The van der Waals surface area contributed by atoms with Crippen molar-refractivity contribution in [2.45, 2.75) is 0 Å². The van der Waals surface area contributed by atoms with Crippen molar-refractivity contribution in [2.24, 2.45) is 0 Å². The third-order valence-electron chi connectivity index (χ3n) is 0.735. The second-order valence-electron chi connectivity index (χ2n) is 1.38. The number of rotatable bonds is 5. The highest BCUT2D eigenvalue weighted by molar-refractivity contribution is 6.36. The van der Waals surface area contributed by atoms with E-state index in [0.717, 1.165) is 0 Å². The third-order valence-corrected chi connectivity index (χ3v) is 0.735. The van der Waals surface area contributed by atoms with Crippen molar-refractivity contribution in [1.29, 1.82) is 0 Å². The highest BCUT2D eigenvalue weighted by atomic mass is 16.7. The van der Waals surface area contributed by atoms with E-state index in [1.165, 1.54) is 14.2 Å². The summed E-state index contributed by atoms with van der Waals surface area (Å²) in [7, 11) is 2.46. The van der Waals surface area contributed by atoms with E-state index in [4.69, 9.17) is 14.0 Å². The zero-order valence-corrected chi connectivity index (χ0v) is 5.79. The molecule has 0 aromatic carbocycles. The van der Waals surface area contributed by atoms with E-state index in [2.05, 4.69) is 6.58 Å². The van der Waals surface area contributed by atoms with Gasteiger partial charge in [0, 0.05) is 14.2 Å². The molecule has 0 aromatic rings. The molecule has 3 nitrogen and oxygen atoms in total. The molecule has 0 aliphatic rings. The molecule has 0 aromatic heterocycles. The Morgan fingerprint density at radius 3 is 2.33 bits per heavy atom. The van der Waals surface area contributed by atoms with Crippen molar-refractivity contribution >= 4 is 7.32 Å². The van der Waals surface area contributed by atoms with E-state index in [-0.39, 0.29) is 0 Å². The van der Waals surface area contributed by atoms with E-state index in [9.17, 15) is 0 Å². The maximum absolute atomic E-state index is 4.93. The minimum Gasteiger partial charge on any atom is -0.389 e. The van der Waals surface area contributed by atoms with Gasteiger partial charge in [-0.1, -0.05) is 6.08 Å². The highest BCUT2D eigenvalue weighted by Gasteiger charge is 2.14. The van der Waals surface area contributed by atoms with Crippen LogP contribution < -0.4 is 0 Å². The molecule has 0 amide bonds. The van der Waals surface area contributed by atoms with Crippen LogP contribution in [0, 0.1) is 0 Å². The molecule has 0 N–H and O–H groups in total. The second-order valence-corrected chi connectivity index (χ2v) is 1.38. The van der Waals surface area contributed by atoms with Gasteiger partial charge in [0.15, 0.2) is 0 Å². The summed E-state index contributed by atoms with van der Waals surface area (Å²) in [5, 5.41) is 0. The van der Waals surface area contributed by atoms with Gasteiger partial charge in [0.2, 0.25) is 0 Å². The van der Waals surface area contributed by atoms with Gasteiger partial charge < -0.3 is 14.0 Å². The topological polar surface area (TPSA) is 27.7 Å². The van der Waals surface area contributed by atoms with E-state index in [1.807, 2.05) is 0 Å². The van der Waals surface area contributed by atoms with Gasteiger partial charge in [-0.05, 0) is 0 Å². The lowest BCUT2D eigenvalue weighted by Crippen LogP contribution is -2.23. The van der Waals surface area contributed by atoms with E-state index >= 15 is 0 Å². The monoisotopic (exact) mass is 130 g/mol. The standard InChI is InChI=1S/C5H11BO3/c1-4-5-9-6(7-2)8-3/h4H,1,5H2,2-3H3. The molecule has 0 saturated carbocycles. The summed E-state index contributed by atoms with van der Waals surface area (Å²) in [6.07, 6.45) is 1.63. The average Bonchev–Trinajstić information content (AvgIpc) is 1.91. The smallest absolute Gasteiger partial charge is 0.389 e. The Hall–Kier alpha value is -0.315. The van der Waals surface area contributed by atoms with Gasteiger partial charge in [-0.3, -0.25) is 0 Å². The molecule has 0 unspecified atom stereocenters. The van der Waals surface area contributed by atoms with Crippen LogP contribution in [0.1, 0.15) is 0 Å². The van der Waals surface area contributed by atoms with Gasteiger partial charge in [-0.25, -0.2) is 0 Å². The van der Waals surface area contributed by atoms with Crippen LogP contribution in [0.2, 0.25) is 0 Å². The SMILES string of the molecule is C=CCOB(OC)OC. The first-order valence-corrected chi connectivity index (χ1v) is 2.63. The maximum Gasteiger partial charge on any atom is 0.639 e. The van der Waals surface area contributed by atoms with Gasteiger partial charge in [0.25, 0.3) is 0 Å². The Kier molecular flexibility index (Phi) is 5.61. The molecular formula is C5H11BO3. The quantitative estimate of drug-likeness (QED) is 0.399. The molecule has 0 spiro atoms. The van der Waals surface area contributed by atoms with Crippen LogP contribution in [-0.4, -0.2) is 28.1 Å². The summed E-state index contributed by atoms with van der Waals surface area (Å²) in [5.41, 5.74) is 0. The van der Waals surface area contributed by atoms with Crippen molar-refractivity contribution < 1.29 is 14.0 Å². The predicted octanol–water partition coefficient (Wildman–Crippen LogP) is 0.467. The van der Waals surface area contributed by atoms with E-state index in [1.54, 1.807) is 6.08 Å². The minimum absolute atomic E-state index is 0.437. The lowest BCUT2D eigenvalue weighted by molar-refractivity contribution is 0.149. The van der Waals surface area contributed by atoms with Crippen LogP contribution >= 0.6 is 0 Å². The average molecular weight is 130 g/mol. The van der Waals surface area contributed by atoms with Crippen LogP contribution in [0.25, 0.3) is 0 Å². The molecule has 0 bridgehead atoms. The fraction of sp³-hybridized carbons (Fsp3) is 0.600. The molecule has 9 heavy (non-hydrogen) atoms. The Morgan fingerprint density at radius 1 is 1.44 bits per heavy atom. The van der Waals surface area contributed by atoms with Crippen LogP contribution in [0.15, 0.2) is 12.7 Å². The normalized spacial score (nSPS) is 9.11. The Labute approximate surface area is 55.8 Å². The molecule has 0 rings (SSSR count). The Bertz CT molecular complexity index is 72.6. The van der Waals surface area contributed by atoms with Crippen LogP contribution in [0.4, 0.5) is 0 Å². The van der Waals surface area contributed by atoms with Gasteiger partial charge in [0.1, 0.15) is 0 Å². The summed E-state index contributed by atoms with van der Waals surface area (Å²) < 4.78 is 14.3. The fourth-order valence-electron chi connectivity index (χ4n) is 0.379. The summed E-state index contributed by atoms with van der Waals surface area (Å²) in [6, 6.07) is 0. The number of hydrogen-bond donors (Lipinski definition) is 0. The highest BCUT2D eigenvalue weighted by Crippen LogP contribution is 1.86. The van der Waals surface area contributed by atoms with Crippen molar-refractivity contribution in [2.75, 3.05) is 20.8 Å². The number of hydrogen-bond acceptors (Lipinski definition) is 3. The molecule has 0 radical (unpaired) electrons. The minimum atomic E-state index is -0.567. The summed E-state index contributed by atoms with van der Waals surface area (Å²) >= 11 is 0. The van der Waals surface area contributed by atoms with Gasteiger partial charge in [-0.2, -0.15) is 0 Å². The summed E-state index contributed by atoms with van der Waals surface area (Å²) in [4.78, 5) is 0. The molecule has 52 valence electrons. The molecular weight excluding hydrogens is 119 g/mol. The van der Waals surface area contributed by atoms with Crippen LogP contribution in [-0.2, 0) is 14.0 Å². The first-order valence-electron chi connectivity index (χ1n) is 2.63. The molecule has 0 aliphatic heterocycles. The van der Waals surface area contributed by atoms with E-state index < -0.39 is 7.32 Å². The van der Waals surface area contributed by atoms with Gasteiger partial charge in [-0.15, -0.1) is 6.58 Å². The van der Waals surface area contributed by atoms with Crippen molar-refractivity contribution in [3.05, 3.63) is 12.7 Å². The molecule has 0 heterocycles. The van der Waals surface area contributed by atoms with Crippen molar-refractivity contribution in [3.8, 4) is 0 Å². The lowest BCUT2D eigenvalue weighted by atomic mass is 10.2. The van der Waals surface area contributed by atoms with Crippen LogP contribution in [0.3, 0.4) is 0 Å².